The van der Waals surface area contributed by atoms with E-state index >= 15 is 0 Å². The van der Waals surface area contributed by atoms with Crippen molar-refractivity contribution < 1.29 is 23.1 Å². The number of nitrogens with zero attached hydrogens (tertiary/aromatic N) is 2. The van der Waals surface area contributed by atoms with Crippen LogP contribution in [0.1, 0.15) is 11.8 Å². The van der Waals surface area contributed by atoms with Crippen molar-refractivity contribution in [2.45, 2.75) is 20.0 Å². The van der Waals surface area contributed by atoms with E-state index in [9.17, 15) is 18.4 Å². The lowest BCUT2D eigenvalue weighted by Gasteiger charge is -2.33. The average molecular weight is 429 g/mol. The maximum absolute atomic E-state index is 13.6. The second kappa shape index (κ2) is 7.83. The molecule has 1 aromatic heterocycles. The maximum Gasteiger partial charge on any atom is 0.269 e. The van der Waals surface area contributed by atoms with Crippen LogP contribution in [-0.2, 0) is 9.59 Å². The third-order valence-corrected chi connectivity index (χ3v) is 5.55. The lowest BCUT2D eigenvalue weighted by atomic mass is 10.1. The topological polar surface area (TPSA) is 71.5 Å². The summed E-state index contributed by atoms with van der Waals surface area (Å²) in [6.45, 7) is 3.27. The zero-order chi connectivity index (χ0) is 21.4. The largest absolute Gasteiger partial charge is 0.476 e. The summed E-state index contributed by atoms with van der Waals surface area (Å²) in [6.07, 6.45) is -0.917. The predicted molar refractivity (Wildman–Crippen MR) is 110 cm³/mol. The Labute approximate surface area is 175 Å². The molecule has 0 saturated heterocycles. The van der Waals surface area contributed by atoms with Gasteiger partial charge in [-0.3, -0.25) is 14.9 Å². The number of nitrogens with one attached hydrogen (secondary N) is 1. The average Bonchev–Trinajstić information content (AvgIpc) is 3.09. The maximum atomic E-state index is 13.6. The highest BCUT2D eigenvalue weighted by Crippen LogP contribution is 2.34. The lowest BCUT2D eigenvalue weighted by molar-refractivity contribution is -0.123. The normalized spacial score (nSPS) is 15.3. The van der Waals surface area contributed by atoms with Crippen molar-refractivity contribution in [3.63, 3.8) is 0 Å². The number of amides is 2. The molecule has 1 unspecified atom stereocenters. The molecule has 2 aromatic carbocycles. The minimum absolute atomic E-state index is 0.0680. The van der Waals surface area contributed by atoms with Gasteiger partial charge in [-0.25, -0.2) is 13.8 Å². The summed E-state index contributed by atoms with van der Waals surface area (Å²) in [5.74, 6) is -2.12. The number of hydrogen-bond donors (Lipinski definition) is 1. The Morgan fingerprint density at radius 3 is 2.70 bits per heavy atom. The summed E-state index contributed by atoms with van der Waals surface area (Å²) in [4.78, 5) is 31.4. The Bertz CT molecular complexity index is 1150. The first-order valence-electron chi connectivity index (χ1n) is 9.11. The smallest absolute Gasteiger partial charge is 0.269 e. The van der Waals surface area contributed by atoms with E-state index in [0.717, 1.165) is 17.0 Å². The monoisotopic (exact) mass is 429 g/mol. The minimum atomic E-state index is -0.968. The van der Waals surface area contributed by atoms with E-state index in [-0.39, 0.29) is 12.5 Å². The van der Waals surface area contributed by atoms with Crippen LogP contribution in [0.2, 0.25) is 0 Å². The van der Waals surface area contributed by atoms with Crippen molar-refractivity contribution in [1.29, 1.82) is 0 Å². The molecule has 1 atom stereocenters. The number of aromatic nitrogens is 1. The molecule has 0 spiro atoms. The highest BCUT2D eigenvalue weighted by Gasteiger charge is 2.33. The molecule has 30 heavy (non-hydrogen) atoms. The predicted octanol–water partition coefficient (Wildman–Crippen LogP) is 4.15. The first-order chi connectivity index (χ1) is 14.3. The van der Waals surface area contributed by atoms with Gasteiger partial charge in [0.25, 0.3) is 5.91 Å². The summed E-state index contributed by atoms with van der Waals surface area (Å²) >= 11 is 1.21. The molecular formula is C21H17F2N3O3S. The van der Waals surface area contributed by atoms with Crippen LogP contribution in [0.4, 0.5) is 19.6 Å². The molecule has 1 aliphatic rings. The van der Waals surface area contributed by atoms with E-state index in [2.05, 4.69) is 10.3 Å². The summed E-state index contributed by atoms with van der Waals surface area (Å²) < 4.78 is 32.5. The molecule has 1 N–H and O–H groups in total. The van der Waals surface area contributed by atoms with Crippen LogP contribution in [0.5, 0.6) is 5.75 Å². The number of fused-ring (bicyclic) bond motifs is 1. The third-order valence-electron chi connectivity index (χ3n) is 4.67. The van der Waals surface area contributed by atoms with E-state index in [4.69, 9.17) is 4.74 Å². The van der Waals surface area contributed by atoms with Crippen molar-refractivity contribution in [1.82, 2.24) is 4.98 Å². The Kier molecular flexibility index (Phi) is 5.21. The molecular weight excluding hydrogens is 412 g/mol. The van der Waals surface area contributed by atoms with Gasteiger partial charge in [-0.2, -0.15) is 0 Å². The Morgan fingerprint density at radius 1 is 1.20 bits per heavy atom. The van der Waals surface area contributed by atoms with E-state index in [1.807, 2.05) is 0 Å². The molecule has 2 heterocycles. The zero-order valence-corrected chi connectivity index (χ0v) is 16.9. The van der Waals surface area contributed by atoms with Crippen LogP contribution >= 0.6 is 11.3 Å². The summed E-state index contributed by atoms with van der Waals surface area (Å²) in [5.41, 5.74) is 1.47. The number of aryl methyl sites for hydroxylation is 1. The second-order valence-electron chi connectivity index (χ2n) is 6.75. The summed E-state index contributed by atoms with van der Waals surface area (Å²) in [5, 5.41) is 3.00. The molecule has 1 aliphatic heterocycles. The quantitative estimate of drug-likeness (QED) is 0.679. The number of hydrogen-bond acceptors (Lipinski definition) is 5. The number of anilines is 2. The summed E-state index contributed by atoms with van der Waals surface area (Å²) in [6, 6.07) is 10.5. The first-order valence-corrected chi connectivity index (χ1v) is 9.92. The van der Waals surface area contributed by atoms with Crippen molar-refractivity contribution in [2.75, 3.05) is 16.8 Å². The van der Waals surface area contributed by atoms with Gasteiger partial charge in [0.15, 0.2) is 22.9 Å². The lowest BCUT2D eigenvalue weighted by Crippen LogP contribution is -2.48. The number of rotatable bonds is 3. The SMILES string of the molecule is CC(=O)N1CC(C(=O)Nc2nc(-c3ccc(F)c(F)c3)c(C)s2)Oc2ccccc21. The van der Waals surface area contributed by atoms with Gasteiger partial charge in [0, 0.05) is 17.4 Å². The van der Waals surface area contributed by atoms with Crippen LogP contribution < -0.4 is 15.0 Å². The van der Waals surface area contributed by atoms with E-state index < -0.39 is 23.6 Å². The zero-order valence-electron chi connectivity index (χ0n) is 16.1. The van der Waals surface area contributed by atoms with Gasteiger partial charge in [0.1, 0.15) is 5.75 Å². The first kappa shape index (κ1) is 20.0. The van der Waals surface area contributed by atoms with Gasteiger partial charge in [0.2, 0.25) is 5.91 Å². The number of halogens is 2. The number of ether oxygens (including phenoxy) is 1. The molecule has 9 heteroatoms. The van der Waals surface area contributed by atoms with Gasteiger partial charge in [0.05, 0.1) is 17.9 Å². The van der Waals surface area contributed by atoms with Gasteiger partial charge >= 0.3 is 0 Å². The van der Waals surface area contributed by atoms with Crippen molar-refractivity contribution >= 4 is 34.0 Å². The van der Waals surface area contributed by atoms with Crippen LogP contribution in [0.15, 0.2) is 42.5 Å². The molecule has 154 valence electrons. The Hall–Kier alpha value is -3.33. The van der Waals surface area contributed by atoms with E-state index in [1.54, 1.807) is 31.2 Å². The van der Waals surface area contributed by atoms with E-state index in [1.165, 1.54) is 29.2 Å². The highest BCUT2D eigenvalue weighted by molar-refractivity contribution is 7.16. The van der Waals surface area contributed by atoms with Crippen LogP contribution in [0, 0.1) is 18.6 Å². The van der Waals surface area contributed by atoms with Crippen LogP contribution in [0.25, 0.3) is 11.3 Å². The molecule has 0 radical (unpaired) electrons. The number of para-hydroxylation sites is 2. The molecule has 6 nitrogen and oxygen atoms in total. The van der Waals surface area contributed by atoms with Crippen LogP contribution in [-0.4, -0.2) is 29.4 Å². The molecule has 0 aliphatic carbocycles. The van der Waals surface area contributed by atoms with Gasteiger partial charge in [-0.1, -0.05) is 12.1 Å². The van der Waals surface area contributed by atoms with E-state index in [0.29, 0.717) is 27.8 Å². The van der Waals surface area contributed by atoms with Crippen molar-refractivity contribution in [3.05, 3.63) is 59.0 Å². The van der Waals surface area contributed by atoms with Crippen molar-refractivity contribution in [3.8, 4) is 17.0 Å². The minimum Gasteiger partial charge on any atom is -0.476 e. The van der Waals surface area contributed by atoms with Gasteiger partial charge in [-0.05, 0) is 37.3 Å². The molecule has 4 rings (SSSR count). The number of carbonyl (C=O) groups excluding carboxylic acids is 2. The Morgan fingerprint density at radius 2 is 1.97 bits per heavy atom. The molecule has 0 saturated carbocycles. The fourth-order valence-corrected chi connectivity index (χ4v) is 4.05. The van der Waals surface area contributed by atoms with Crippen LogP contribution in [0.3, 0.4) is 0 Å². The molecule has 2 amide bonds. The fourth-order valence-electron chi connectivity index (χ4n) is 3.22. The second-order valence-corrected chi connectivity index (χ2v) is 7.95. The number of benzene rings is 2. The number of thiazole rings is 1. The molecule has 3 aromatic rings. The van der Waals surface area contributed by atoms with Crippen molar-refractivity contribution in [2.24, 2.45) is 0 Å². The van der Waals surface area contributed by atoms with Gasteiger partial charge < -0.3 is 9.64 Å². The summed E-state index contributed by atoms with van der Waals surface area (Å²) in [7, 11) is 0. The standard InChI is InChI=1S/C21H17F2N3O3S/c1-11-19(13-7-8-14(22)15(23)9-13)24-21(30-11)25-20(28)18-10-26(12(2)27)16-5-3-4-6-17(16)29-18/h3-9,18H,10H2,1-2H3,(H,24,25,28). The molecule has 0 bridgehead atoms. The van der Waals surface area contributed by atoms with Gasteiger partial charge in [-0.15, -0.1) is 11.3 Å². The molecule has 0 fully saturated rings. The number of carbonyl (C=O) groups is 2. The Balaban J connectivity index is 1.55. The third kappa shape index (κ3) is 3.76. The fraction of sp³-hybridized carbons (Fsp3) is 0.190. The highest BCUT2D eigenvalue weighted by atomic mass is 32.1.